The number of rotatable bonds is 4. The molecule has 1 N–H and O–H groups in total. The van der Waals surface area contributed by atoms with E-state index in [0.29, 0.717) is 6.54 Å². The lowest BCUT2D eigenvalue weighted by Crippen LogP contribution is -2.02. The lowest BCUT2D eigenvalue weighted by Gasteiger charge is -1.88. The lowest BCUT2D eigenvalue weighted by molar-refractivity contribution is 0.988. The maximum absolute atomic E-state index is 8.32. The highest BCUT2D eigenvalue weighted by molar-refractivity contribution is 5.37. The van der Waals surface area contributed by atoms with E-state index in [1.807, 2.05) is 0 Å². The topological polar surface area (TPSA) is 59.6 Å². The van der Waals surface area contributed by atoms with Crippen molar-refractivity contribution in [2.75, 3.05) is 6.54 Å². The van der Waals surface area contributed by atoms with Crippen LogP contribution in [0.1, 0.15) is 0 Å². The van der Waals surface area contributed by atoms with Gasteiger partial charge >= 0.3 is 0 Å². The van der Waals surface area contributed by atoms with Crippen molar-refractivity contribution in [2.24, 2.45) is 0 Å². The zero-order chi connectivity index (χ0) is 9.23. The summed E-state index contributed by atoms with van der Waals surface area (Å²) in [6.07, 6.45) is 6.40. The molecule has 60 valence electrons. The van der Waals surface area contributed by atoms with Crippen molar-refractivity contribution in [1.82, 2.24) is 5.32 Å². The lowest BCUT2D eigenvalue weighted by atomic mass is 10.3. The van der Waals surface area contributed by atoms with E-state index in [2.05, 4.69) is 11.9 Å². The molecule has 0 unspecified atom stereocenters. The van der Waals surface area contributed by atoms with Crippen LogP contribution in [0, 0.1) is 22.7 Å². The summed E-state index contributed by atoms with van der Waals surface area (Å²) < 4.78 is 0. The Morgan fingerprint density at radius 3 is 2.58 bits per heavy atom. The van der Waals surface area contributed by atoms with Gasteiger partial charge in [-0.25, -0.2) is 0 Å². The van der Waals surface area contributed by atoms with Gasteiger partial charge in [-0.05, 0) is 18.4 Å². The van der Waals surface area contributed by atoms with Gasteiger partial charge in [-0.2, -0.15) is 10.5 Å². The van der Waals surface area contributed by atoms with E-state index in [1.54, 1.807) is 30.5 Å². The number of hydrogen-bond donors (Lipinski definition) is 1. The Morgan fingerprint density at radius 2 is 2.08 bits per heavy atom. The molecule has 0 spiro atoms. The maximum Gasteiger partial charge on any atom is 0.129 e. The number of allylic oxidation sites excluding steroid dienone is 3. The summed E-state index contributed by atoms with van der Waals surface area (Å²) in [7, 11) is 0. The molecule has 0 fully saturated rings. The van der Waals surface area contributed by atoms with Crippen molar-refractivity contribution in [3.8, 4) is 12.1 Å². The molecule has 12 heavy (non-hydrogen) atoms. The molecule has 0 atom stereocenters. The smallest absolute Gasteiger partial charge is 0.129 e. The Hall–Kier alpha value is -2.00. The second-order valence-electron chi connectivity index (χ2n) is 1.86. The van der Waals surface area contributed by atoms with Gasteiger partial charge in [0, 0.05) is 6.54 Å². The van der Waals surface area contributed by atoms with E-state index in [-0.39, 0.29) is 5.57 Å². The average Bonchev–Trinajstić information content (AvgIpc) is 2.11. The highest BCUT2D eigenvalue weighted by Gasteiger charge is 1.84. The molecule has 0 rings (SSSR count). The number of hydrogen-bond acceptors (Lipinski definition) is 3. The van der Waals surface area contributed by atoms with Gasteiger partial charge in [0.05, 0.1) is 0 Å². The fraction of sp³-hybridized carbons (Fsp3) is 0.111. The molecule has 0 aromatic heterocycles. The first-order valence-corrected chi connectivity index (χ1v) is 3.36. The van der Waals surface area contributed by atoms with E-state index in [9.17, 15) is 0 Å². The van der Waals surface area contributed by atoms with Crippen LogP contribution in [0.4, 0.5) is 0 Å². The standard InChI is InChI=1S/C9H9N3/c1-2-5-12-6-3-4-9(7-10)8-11/h2-4,6,12H,1,5H2. The minimum atomic E-state index is 0.0895. The Morgan fingerprint density at radius 1 is 1.42 bits per heavy atom. The second-order valence-corrected chi connectivity index (χ2v) is 1.86. The SMILES string of the molecule is C=CCNC=CC=C(C#N)C#N. The normalized spacial score (nSPS) is 8.17. The predicted molar refractivity (Wildman–Crippen MR) is 46.6 cm³/mol. The summed E-state index contributed by atoms with van der Waals surface area (Å²) in [4.78, 5) is 0. The fourth-order valence-corrected chi connectivity index (χ4v) is 0.463. The van der Waals surface area contributed by atoms with Gasteiger partial charge in [-0.3, -0.25) is 0 Å². The Bertz CT molecular complexity index is 257. The van der Waals surface area contributed by atoms with Crippen LogP contribution in [-0.2, 0) is 0 Å². The summed E-state index contributed by atoms with van der Waals surface area (Å²) in [5.41, 5.74) is 0.0895. The Labute approximate surface area is 71.9 Å². The van der Waals surface area contributed by atoms with E-state index in [1.165, 1.54) is 6.08 Å². The number of nitrogens with zero attached hydrogens (tertiary/aromatic N) is 2. The van der Waals surface area contributed by atoms with Crippen LogP contribution in [0.15, 0.2) is 36.6 Å². The highest BCUT2D eigenvalue weighted by atomic mass is 14.8. The van der Waals surface area contributed by atoms with Gasteiger partial charge in [-0.15, -0.1) is 6.58 Å². The van der Waals surface area contributed by atoms with Crippen molar-refractivity contribution < 1.29 is 0 Å². The maximum atomic E-state index is 8.32. The van der Waals surface area contributed by atoms with E-state index in [0.717, 1.165) is 0 Å². The summed E-state index contributed by atoms with van der Waals surface area (Å²) in [6.45, 7) is 4.17. The van der Waals surface area contributed by atoms with Crippen LogP contribution in [0.25, 0.3) is 0 Å². The number of nitriles is 2. The molecule has 0 radical (unpaired) electrons. The minimum Gasteiger partial charge on any atom is -0.387 e. The van der Waals surface area contributed by atoms with Crippen LogP contribution in [0.3, 0.4) is 0 Å². The Kier molecular flexibility index (Phi) is 5.93. The molecular formula is C9H9N3. The Balaban J connectivity index is 3.88. The summed E-state index contributed by atoms with van der Waals surface area (Å²) >= 11 is 0. The molecule has 0 aliphatic heterocycles. The van der Waals surface area contributed by atoms with E-state index < -0.39 is 0 Å². The van der Waals surface area contributed by atoms with E-state index in [4.69, 9.17) is 10.5 Å². The first kappa shape index (κ1) is 10.0. The predicted octanol–water partition coefficient (Wildman–Crippen LogP) is 1.25. The van der Waals surface area contributed by atoms with Gasteiger partial charge in [-0.1, -0.05) is 6.08 Å². The fourth-order valence-electron chi connectivity index (χ4n) is 0.463. The summed E-state index contributed by atoms with van der Waals surface area (Å²) in [5.74, 6) is 0. The van der Waals surface area contributed by atoms with Gasteiger partial charge in [0.15, 0.2) is 0 Å². The molecule has 3 nitrogen and oxygen atoms in total. The molecule has 0 aromatic carbocycles. The van der Waals surface area contributed by atoms with Crippen molar-refractivity contribution in [3.05, 3.63) is 36.6 Å². The quantitative estimate of drug-likeness (QED) is 0.290. The highest BCUT2D eigenvalue weighted by Crippen LogP contribution is 1.88. The zero-order valence-electron chi connectivity index (χ0n) is 6.62. The molecule has 0 bridgehead atoms. The molecule has 0 aliphatic carbocycles. The van der Waals surface area contributed by atoms with E-state index >= 15 is 0 Å². The molecule has 0 aliphatic rings. The minimum absolute atomic E-state index is 0.0895. The van der Waals surface area contributed by atoms with Crippen LogP contribution in [-0.4, -0.2) is 6.54 Å². The van der Waals surface area contributed by atoms with Crippen LogP contribution in [0.5, 0.6) is 0 Å². The third-order valence-corrected chi connectivity index (χ3v) is 0.980. The molecule has 3 heteroatoms. The van der Waals surface area contributed by atoms with Crippen LogP contribution >= 0.6 is 0 Å². The molecule has 0 amide bonds. The molecule has 0 heterocycles. The third kappa shape index (κ3) is 4.84. The average molecular weight is 159 g/mol. The van der Waals surface area contributed by atoms with Crippen molar-refractivity contribution in [1.29, 1.82) is 10.5 Å². The van der Waals surface area contributed by atoms with Crippen molar-refractivity contribution in [3.63, 3.8) is 0 Å². The molecule has 0 saturated heterocycles. The molecular weight excluding hydrogens is 150 g/mol. The summed E-state index contributed by atoms with van der Waals surface area (Å²) in [6, 6.07) is 3.49. The molecule has 0 aromatic rings. The van der Waals surface area contributed by atoms with Gasteiger partial charge < -0.3 is 5.32 Å². The monoisotopic (exact) mass is 159 g/mol. The van der Waals surface area contributed by atoms with Gasteiger partial charge in [0.25, 0.3) is 0 Å². The van der Waals surface area contributed by atoms with Gasteiger partial charge in [0.2, 0.25) is 0 Å². The van der Waals surface area contributed by atoms with Crippen LogP contribution in [0.2, 0.25) is 0 Å². The van der Waals surface area contributed by atoms with Crippen molar-refractivity contribution >= 4 is 0 Å². The number of nitrogens with one attached hydrogen (secondary N) is 1. The third-order valence-electron chi connectivity index (χ3n) is 0.980. The molecule has 0 saturated carbocycles. The first-order valence-electron chi connectivity index (χ1n) is 3.36. The van der Waals surface area contributed by atoms with Gasteiger partial charge in [0.1, 0.15) is 17.7 Å². The van der Waals surface area contributed by atoms with Crippen LogP contribution < -0.4 is 5.32 Å². The largest absolute Gasteiger partial charge is 0.387 e. The summed E-state index contributed by atoms with van der Waals surface area (Å²) in [5, 5.41) is 19.5. The second kappa shape index (κ2) is 7.11. The zero-order valence-corrected chi connectivity index (χ0v) is 6.62. The van der Waals surface area contributed by atoms with Crippen molar-refractivity contribution in [2.45, 2.75) is 0 Å². The first-order chi connectivity index (χ1) is 5.85.